The number of benzene rings is 2. The van der Waals surface area contributed by atoms with Crippen LogP contribution in [0.1, 0.15) is 41.4 Å². The number of morpholine rings is 1. The Morgan fingerprint density at radius 1 is 1.19 bits per heavy atom. The number of anilines is 1. The number of rotatable bonds is 5. The molecule has 8 heteroatoms. The lowest BCUT2D eigenvalue weighted by molar-refractivity contribution is 0.0303. The standard InChI is InChI=1S/C23H28N6O2/c1-15(2)17-5-8-19-21(13-17)26-27-22(19)20(24)14-29(25)18-6-3-16(4-7-18)23(30)28-9-11-31-12-10-28/h3-8,13-15H,9-12,24-25H2,1-2H3,(H,26,27)/b20-14-. The summed E-state index contributed by atoms with van der Waals surface area (Å²) in [6.07, 6.45) is 1.63. The number of H-pyrrole nitrogens is 1. The molecule has 3 aromatic rings. The highest BCUT2D eigenvalue weighted by Gasteiger charge is 2.18. The van der Waals surface area contributed by atoms with Gasteiger partial charge in [0.15, 0.2) is 0 Å². The third-order valence-corrected chi connectivity index (χ3v) is 5.52. The normalized spacial score (nSPS) is 15.0. The number of nitrogens with one attached hydrogen (secondary N) is 1. The number of carbonyl (C=O) groups excluding carboxylic acids is 1. The molecule has 1 aliphatic heterocycles. The molecule has 0 unspecified atom stereocenters. The van der Waals surface area contributed by atoms with Gasteiger partial charge in [-0.2, -0.15) is 5.10 Å². The molecule has 1 aliphatic rings. The van der Waals surface area contributed by atoms with Gasteiger partial charge in [0.25, 0.3) is 5.91 Å². The monoisotopic (exact) mass is 420 g/mol. The summed E-state index contributed by atoms with van der Waals surface area (Å²) in [5.41, 5.74) is 10.9. The number of hydrazine groups is 1. The fraction of sp³-hybridized carbons (Fsp3) is 0.304. The Hall–Kier alpha value is -3.36. The quantitative estimate of drug-likeness (QED) is 0.432. The molecule has 0 spiro atoms. The summed E-state index contributed by atoms with van der Waals surface area (Å²) in [6, 6.07) is 13.3. The van der Waals surface area contributed by atoms with E-state index < -0.39 is 0 Å². The van der Waals surface area contributed by atoms with Crippen LogP contribution in [0.5, 0.6) is 0 Å². The van der Waals surface area contributed by atoms with Crippen molar-refractivity contribution in [2.24, 2.45) is 11.6 Å². The van der Waals surface area contributed by atoms with E-state index in [2.05, 4.69) is 36.2 Å². The summed E-state index contributed by atoms with van der Waals surface area (Å²) in [6.45, 7) is 6.67. The first-order valence-corrected chi connectivity index (χ1v) is 10.4. The Bertz CT molecular complexity index is 1100. The molecule has 162 valence electrons. The van der Waals surface area contributed by atoms with Crippen LogP contribution in [-0.4, -0.2) is 47.3 Å². The van der Waals surface area contributed by atoms with Gasteiger partial charge >= 0.3 is 0 Å². The zero-order valence-corrected chi connectivity index (χ0v) is 17.8. The van der Waals surface area contributed by atoms with Gasteiger partial charge in [0.2, 0.25) is 0 Å². The Kier molecular flexibility index (Phi) is 5.92. The molecular formula is C23H28N6O2. The van der Waals surface area contributed by atoms with Crippen molar-refractivity contribution in [2.45, 2.75) is 19.8 Å². The van der Waals surface area contributed by atoms with E-state index in [1.807, 2.05) is 6.07 Å². The third-order valence-electron chi connectivity index (χ3n) is 5.52. The maximum Gasteiger partial charge on any atom is 0.254 e. The van der Waals surface area contributed by atoms with Crippen LogP contribution in [0, 0.1) is 0 Å². The van der Waals surface area contributed by atoms with E-state index in [0.717, 1.165) is 10.9 Å². The summed E-state index contributed by atoms with van der Waals surface area (Å²) in [5.74, 6) is 6.64. The predicted octanol–water partition coefficient (Wildman–Crippen LogP) is 2.80. The molecule has 2 aromatic carbocycles. The molecule has 0 saturated carbocycles. The largest absolute Gasteiger partial charge is 0.396 e. The van der Waals surface area contributed by atoms with E-state index >= 15 is 0 Å². The van der Waals surface area contributed by atoms with E-state index in [1.165, 1.54) is 10.6 Å². The molecule has 8 nitrogen and oxygen atoms in total. The number of nitrogens with zero attached hydrogens (tertiary/aromatic N) is 3. The van der Waals surface area contributed by atoms with Crippen molar-refractivity contribution in [2.75, 3.05) is 31.3 Å². The van der Waals surface area contributed by atoms with Gasteiger partial charge < -0.3 is 15.4 Å². The molecule has 0 radical (unpaired) electrons. The second-order valence-corrected chi connectivity index (χ2v) is 7.98. The van der Waals surface area contributed by atoms with Crippen LogP contribution >= 0.6 is 0 Å². The van der Waals surface area contributed by atoms with Crippen molar-refractivity contribution < 1.29 is 9.53 Å². The van der Waals surface area contributed by atoms with Crippen molar-refractivity contribution in [3.63, 3.8) is 0 Å². The molecule has 1 aromatic heterocycles. The van der Waals surface area contributed by atoms with Gasteiger partial charge in [-0.1, -0.05) is 26.0 Å². The Morgan fingerprint density at radius 3 is 2.58 bits per heavy atom. The lowest BCUT2D eigenvalue weighted by Crippen LogP contribution is -2.40. The molecule has 1 saturated heterocycles. The van der Waals surface area contributed by atoms with E-state index in [-0.39, 0.29) is 5.91 Å². The summed E-state index contributed by atoms with van der Waals surface area (Å²) in [7, 11) is 0. The molecule has 31 heavy (non-hydrogen) atoms. The summed E-state index contributed by atoms with van der Waals surface area (Å²) in [5, 5.41) is 9.79. The number of carbonyl (C=O) groups is 1. The van der Waals surface area contributed by atoms with Crippen LogP contribution in [0.3, 0.4) is 0 Å². The van der Waals surface area contributed by atoms with E-state index in [9.17, 15) is 4.79 Å². The molecule has 2 heterocycles. The van der Waals surface area contributed by atoms with Crippen LogP contribution in [0.4, 0.5) is 5.69 Å². The Balaban J connectivity index is 1.51. The van der Waals surface area contributed by atoms with E-state index in [1.54, 1.807) is 35.4 Å². The highest BCUT2D eigenvalue weighted by Crippen LogP contribution is 2.25. The van der Waals surface area contributed by atoms with Gasteiger partial charge in [0.05, 0.1) is 30.1 Å². The summed E-state index contributed by atoms with van der Waals surface area (Å²) >= 11 is 0. The van der Waals surface area contributed by atoms with Crippen LogP contribution in [0.25, 0.3) is 16.6 Å². The van der Waals surface area contributed by atoms with E-state index in [0.29, 0.717) is 54.9 Å². The second-order valence-electron chi connectivity index (χ2n) is 7.98. The molecule has 1 amide bonds. The minimum absolute atomic E-state index is 0.00256. The van der Waals surface area contributed by atoms with E-state index in [4.69, 9.17) is 16.3 Å². The number of hydrogen-bond donors (Lipinski definition) is 3. The Labute approximate surface area is 181 Å². The molecule has 4 rings (SSSR count). The van der Waals surface area contributed by atoms with Crippen LogP contribution in [0.2, 0.25) is 0 Å². The van der Waals surface area contributed by atoms with Gasteiger partial charge in [-0.25, -0.2) is 5.84 Å². The van der Waals surface area contributed by atoms with Crippen molar-refractivity contribution in [1.82, 2.24) is 15.1 Å². The molecule has 0 aliphatic carbocycles. The van der Waals surface area contributed by atoms with Crippen molar-refractivity contribution in [3.8, 4) is 0 Å². The maximum absolute atomic E-state index is 12.6. The number of aromatic nitrogens is 2. The average Bonchev–Trinajstić information content (AvgIpc) is 3.22. The van der Waals surface area contributed by atoms with Gasteiger partial charge in [0.1, 0.15) is 5.69 Å². The number of nitrogens with two attached hydrogens (primary N) is 2. The lowest BCUT2D eigenvalue weighted by atomic mass is 10.0. The van der Waals surface area contributed by atoms with Crippen LogP contribution in [0.15, 0.2) is 48.7 Å². The molecule has 0 atom stereocenters. The number of aromatic amines is 1. The topological polar surface area (TPSA) is 114 Å². The Morgan fingerprint density at radius 2 is 1.90 bits per heavy atom. The molecule has 1 fully saturated rings. The average molecular weight is 421 g/mol. The van der Waals surface area contributed by atoms with Crippen molar-refractivity contribution >= 4 is 28.2 Å². The van der Waals surface area contributed by atoms with Gasteiger partial charge in [-0.05, 0) is 41.8 Å². The molecule has 5 N–H and O–H groups in total. The number of ether oxygens (including phenoxy) is 1. The highest BCUT2D eigenvalue weighted by molar-refractivity contribution is 5.95. The first-order valence-electron chi connectivity index (χ1n) is 10.4. The zero-order valence-electron chi connectivity index (χ0n) is 17.8. The van der Waals surface area contributed by atoms with Gasteiger partial charge in [-0.3, -0.25) is 14.9 Å². The fourth-order valence-corrected chi connectivity index (χ4v) is 3.63. The summed E-state index contributed by atoms with van der Waals surface area (Å²) in [4.78, 5) is 14.4. The van der Waals surface area contributed by atoms with Crippen molar-refractivity contribution in [3.05, 3.63) is 65.5 Å². The van der Waals surface area contributed by atoms with Crippen LogP contribution < -0.4 is 16.6 Å². The fourth-order valence-electron chi connectivity index (χ4n) is 3.63. The molecule has 0 bridgehead atoms. The SMILES string of the molecule is CC(C)c1ccc2c(/C(N)=C/N(N)c3ccc(C(=O)N4CCOCC4)cc3)n[nH]c2c1. The summed E-state index contributed by atoms with van der Waals surface area (Å²) < 4.78 is 5.30. The number of hydrogen-bond acceptors (Lipinski definition) is 6. The minimum atomic E-state index is -0.00256. The first-order chi connectivity index (χ1) is 14.9. The number of fused-ring (bicyclic) bond motifs is 1. The number of amides is 1. The van der Waals surface area contributed by atoms with Crippen molar-refractivity contribution in [1.29, 1.82) is 0 Å². The lowest BCUT2D eigenvalue weighted by Gasteiger charge is -2.27. The second kappa shape index (κ2) is 8.79. The van der Waals surface area contributed by atoms with Crippen LogP contribution in [-0.2, 0) is 4.74 Å². The minimum Gasteiger partial charge on any atom is -0.396 e. The highest BCUT2D eigenvalue weighted by atomic mass is 16.5. The zero-order chi connectivity index (χ0) is 22.0. The third kappa shape index (κ3) is 4.40. The first kappa shape index (κ1) is 20.9. The smallest absolute Gasteiger partial charge is 0.254 e. The molecular weight excluding hydrogens is 392 g/mol. The van der Waals surface area contributed by atoms with Gasteiger partial charge in [-0.15, -0.1) is 0 Å². The maximum atomic E-state index is 12.6. The predicted molar refractivity (Wildman–Crippen MR) is 122 cm³/mol. The van der Waals surface area contributed by atoms with Gasteiger partial charge in [0, 0.05) is 30.2 Å².